The Kier molecular flexibility index (Phi) is 3.33. The van der Waals surface area contributed by atoms with Gasteiger partial charge in [-0.1, -0.05) is 0 Å². The standard InChI is InChI=1S/C13H15N3O2S/c1-18-11-8-9(2-3-10(11)17)13-15-14-12-4-6-19-7-5-16(12)13/h2-3,8,17H,4-7H2,1H3. The van der Waals surface area contributed by atoms with E-state index in [1.54, 1.807) is 19.2 Å². The highest BCUT2D eigenvalue weighted by Gasteiger charge is 2.17. The lowest BCUT2D eigenvalue weighted by Gasteiger charge is -2.08. The number of thioether (sulfide) groups is 1. The van der Waals surface area contributed by atoms with Crippen molar-refractivity contribution in [3.63, 3.8) is 0 Å². The van der Waals surface area contributed by atoms with Gasteiger partial charge in [0.2, 0.25) is 0 Å². The van der Waals surface area contributed by atoms with Crippen molar-refractivity contribution in [2.75, 3.05) is 18.6 Å². The largest absolute Gasteiger partial charge is 0.504 e. The average Bonchev–Trinajstić information content (AvgIpc) is 2.68. The van der Waals surface area contributed by atoms with E-state index in [0.717, 1.165) is 41.7 Å². The van der Waals surface area contributed by atoms with Crippen molar-refractivity contribution < 1.29 is 9.84 Å². The number of rotatable bonds is 2. The third-order valence-corrected chi connectivity index (χ3v) is 4.16. The topological polar surface area (TPSA) is 60.2 Å². The number of hydrogen-bond acceptors (Lipinski definition) is 5. The fourth-order valence-electron chi connectivity index (χ4n) is 2.21. The smallest absolute Gasteiger partial charge is 0.164 e. The molecule has 100 valence electrons. The first-order valence-corrected chi connectivity index (χ1v) is 7.32. The zero-order valence-corrected chi connectivity index (χ0v) is 11.5. The van der Waals surface area contributed by atoms with Crippen LogP contribution in [0.1, 0.15) is 5.82 Å². The average molecular weight is 277 g/mol. The van der Waals surface area contributed by atoms with Crippen LogP contribution in [0, 0.1) is 0 Å². The molecule has 1 aromatic carbocycles. The van der Waals surface area contributed by atoms with Crippen LogP contribution in [0.5, 0.6) is 11.5 Å². The molecule has 0 bridgehead atoms. The van der Waals surface area contributed by atoms with Crippen molar-refractivity contribution in [1.82, 2.24) is 14.8 Å². The fraction of sp³-hybridized carbons (Fsp3) is 0.385. The number of methoxy groups -OCH3 is 1. The van der Waals surface area contributed by atoms with Crippen molar-refractivity contribution in [2.24, 2.45) is 0 Å². The van der Waals surface area contributed by atoms with Gasteiger partial charge >= 0.3 is 0 Å². The van der Waals surface area contributed by atoms with Gasteiger partial charge in [0.1, 0.15) is 5.82 Å². The van der Waals surface area contributed by atoms with E-state index in [4.69, 9.17) is 4.74 Å². The molecule has 19 heavy (non-hydrogen) atoms. The minimum absolute atomic E-state index is 0.136. The molecule has 0 amide bonds. The molecular formula is C13H15N3O2S. The predicted octanol–water partition coefficient (Wildman–Crippen LogP) is 1.95. The lowest BCUT2D eigenvalue weighted by atomic mass is 10.2. The Hall–Kier alpha value is -1.69. The van der Waals surface area contributed by atoms with Crippen LogP contribution in [-0.4, -0.2) is 38.5 Å². The number of aryl methyl sites for hydroxylation is 1. The maximum atomic E-state index is 9.64. The van der Waals surface area contributed by atoms with Gasteiger partial charge in [0.15, 0.2) is 17.3 Å². The number of benzene rings is 1. The number of ether oxygens (including phenoxy) is 1. The van der Waals surface area contributed by atoms with Gasteiger partial charge in [0.05, 0.1) is 7.11 Å². The second-order valence-corrected chi connectivity index (χ2v) is 5.57. The summed E-state index contributed by atoms with van der Waals surface area (Å²) in [6.45, 7) is 0.922. The summed E-state index contributed by atoms with van der Waals surface area (Å²) in [5.74, 6) is 4.64. The summed E-state index contributed by atoms with van der Waals surface area (Å²) < 4.78 is 7.30. The molecule has 0 atom stereocenters. The molecule has 5 nitrogen and oxygen atoms in total. The van der Waals surface area contributed by atoms with Crippen LogP contribution in [0.4, 0.5) is 0 Å². The van der Waals surface area contributed by atoms with E-state index < -0.39 is 0 Å². The molecule has 0 saturated heterocycles. The summed E-state index contributed by atoms with van der Waals surface area (Å²) in [7, 11) is 1.54. The zero-order valence-electron chi connectivity index (χ0n) is 10.7. The van der Waals surface area contributed by atoms with E-state index in [1.807, 2.05) is 17.8 Å². The SMILES string of the molecule is COc1cc(-c2nnc3n2CCSCC3)ccc1O. The van der Waals surface area contributed by atoms with Crippen molar-refractivity contribution in [1.29, 1.82) is 0 Å². The highest BCUT2D eigenvalue weighted by atomic mass is 32.2. The molecule has 6 heteroatoms. The minimum atomic E-state index is 0.136. The monoisotopic (exact) mass is 277 g/mol. The molecule has 0 radical (unpaired) electrons. The number of phenols is 1. The van der Waals surface area contributed by atoms with E-state index in [2.05, 4.69) is 14.8 Å². The molecule has 1 aromatic heterocycles. The molecule has 0 unspecified atom stereocenters. The molecule has 0 spiro atoms. The Bertz CT molecular complexity index is 598. The van der Waals surface area contributed by atoms with Crippen molar-refractivity contribution in [3.05, 3.63) is 24.0 Å². The molecule has 3 rings (SSSR count). The number of fused-ring (bicyclic) bond motifs is 1. The van der Waals surface area contributed by atoms with Gasteiger partial charge in [0.25, 0.3) is 0 Å². The number of aromatic nitrogens is 3. The quantitative estimate of drug-likeness (QED) is 0.909. The fourth-order valence-corrected chi connectivity index (χ4v) is 3.05. The highest BCUT2D eigenvalue weighted by Crippen LogP contribution is 2.31. The Morgan fingerprint density at radius 3 is 3.05 bits per heavy atom. The molecule has 0 saturated carbocycles. The number of phenolic OH excluding ortho intramolecular Hbond substituents is 1. The number of hydrogen-bond donors (Lipinski definition) is 1. The first-order valence-electron chi connectivity index (χ1n) is 6.17. The maximum absolute atomic E-state index is 9.64. The Morgan fingerprint density at radius 2 is 2.21 bits per heavy atom. The molecule has 0 aliphatic carbocycles. The second-order valence-electron chi connectivity index (χ2n) is 4.34. The van der Waals surface area contributed by atoms with Crippen molar-refractivity contribution >= 4 is 11.8 Å². The summed E-state index contributed by atoms with van der Waals surface area (Å²) in [5.41, 5.74) is 0.917. The van der Waals surface area contributed by atoms with E-state index in [9.17, 15) is 5.11 Å². The molecule has 2 aromatic rings. The lowest BCUT2D eigenvalue weighted by Crippen LogP contribution is -2.05. The van der Waals surface area contributed by atoms with Crippen LogP contribution in [-0.2, 0) is 13.0 Å². The summed E-state index contributed by atoms with van der Waals surface area (Å²) in [6.07, 6.45) is 0.951. The normalized spacial score (nSPS) is 14.8. The lowest BCUT2D eigenvalue weighted by molar-refractivity contribution is 0.373. The molecule has 1 aliphatic heterocycles. The van der Waals surface area contributed by atoms with Crippen LogP contribution in [0.25, 0.3) is 11.4 Å². The molecule has 1 aliphatic rings. The van der Waals surface area contributed by atoms with E-state index in [-0.39, 0.29) is 5.75 Å². The van der Waals surface area contributed by atoms with Crippen LogP contribution in [0.2, 0.25) is 0 Å². The molecular weight excluding hydrogens is 262 g/mol. The maximum Gasteiger partial charge on any atom is 0.164 e. The highest BCUT2D eigenvalue weighted by molar-refractivity contribution is 7.99. The second kappa shape index (κ2) is 5.13. The van der Waals surface area contributed by atoms with Gasteiger partial charge < -0.3 is 14.4 Å². The number of aromatic hydroxyl groups is 1. The Balaban J connectivity index is 2.05. The summed E-state index contributed by atoms with van der Waals surface area (Å²) in [4.78, 5) is 0. The van der Waals surface area contributed by atoms with Crippen LogP contribution in [0.15, 0.2) is 18.2 Å². The molecule has 0 fully saturated rings. The summed E-state index contributed by atoms with van der Waals surface area (Å²) in [5, 5.41) is 18.2. The van der Waals surface area contributed by atoms with Gasteiger partial charge in [0, 0.05) is 30.0 Å². The van der Waals surface area contributed by atoms with Gasteiger partial charge in [-0.2, -0.15) is 11.8 Å². The van der Waals surface area contributed by atoms with Gasteiger partial charge in [-0.15, -0.1) is 10.2 Å². The van der Waals surface area contributed by atoms with Crippen LogP contribution in [0.3, 0.4) is 0 Å². The summed E-state index contributed by atoms with van der Waals surface area (Å²) >= 11 is 1.94. The van der Waals surface area contributed by atoms with Crippen molar-refractivity contribution in [3.8, 4) is 22.9 Å². The Morgan fingerprint density at radius 1 is 1.32 bits per heavy atom. The summed E-state index contributed by atoms with van der Waals surface area (Å²) in [6, 6.07) is 5.26. The first kappa shape index (κ1) is 12.3. The van der Waals surface area contributed by atoms with Gasteiger partial charge in [-0.3, -0.25) is 0 Å². The zero-order chi connectivity index (χ0) is 13.2. The molecule has 1 N–H and O–H groups in total. The van der Waals surface area contributed by atoms with Gasteiger partial charge in [-0.25, -0.2) is 0 Å². The molecule has 2 heterocycles. The predicted molar refractivity (Wildman–Crippen MR) is 74.7 cm³/mol. The Labute approximate surface area is 115 Å². The van der Waals surface area contributed by atoms with Gasteiger partial charge in [-0.05, 0) is 18.2 Å². The van der Waals surface area contributed by atoms with Crippen LogP contribution >= 0.6 is 11.8 Å². The van der Waals surface area contributed by atoms with Crippen molar-refractivity contribution in [2.45, 2.75) is 13.0 Å². The van der Waals surface area contributed by atoms with Crippen LogP contribution < -0.4 is 4.74 Å². The third-order valence-electron chi connectivity index (χ3n) is 3.19. The minimum Gasteiger partial charge on any atom is -0.504 e. The van der Waals surface area contributed by atoms with E-state index in [0.29, 0.717) is 5.75 Å². The number of nitrogens with zero attached hydrogens (tertiary/aromatic N) is 3. The van der Waals surface area contributed by atoms with E-state index >= 15 is 0 Å². The third kappa shape index (κ3) is 2.28. The first-order chi connectivity index (χ1) is 9.29. The van der Waals surface area contributed by atoms with E-state index in [1.165, 1.54) is 0 Å².